The monoisotopic (exact) mass is 606 g/mol. The van der Waals surface area contributed by atoms with Crippen LogP contribution in [0.5, 0.6) is 0 Å². The molecule has 1 saturated carbocycles. The molecule has 0 saturated heterocycles. The van der Waals surface area contributed by atoms with Crippen molar-refractivity contribution in [2.45, 2.75) is 54.4 Å². The van der Waals surface area contributed by atoms with Crippen LogP contribution in [0.15, 0.2) is 46.3 Å². The number of nitrogens with one attached hydrogen (secondary N) is 1. The maximum absolute atomic E-state index is 13.6. The number of carboxylic acids is 1. The number of hydrogen-bond donors (Lipinski definition) is 2. The van der Waals surface area contributed by atoms with Gasteiger partial charge >= 0.3 is 5.97 Å². The number of carbonyl (C=O) groups excluding carboxylic acids is 1. The van der Waals surface area contributed by atoms with Crippen molar-refractivity contribution in [3.63, 3.8) is 0 Å². The highest BCUT2D eigenvalue weighted by atomic mass is 32.2. The average molecular weight is 607 g/mol. The molecular weight excluding hydrogens is 573 g/mol. The van der Waals surface area contributed by atoms with Crippen LogP contribution in [0.2, 0.25) is 0 Å². The SMILES string of the molecule is COCCN(CCC(=O)O)S(=O)(=O)c1ccc(C(CC2CCCC2)C(=O)Nc2nc3ccc(SC)nc3s2)cc1. The van der Waals surface area contributed by atoms with E-state index in [9.17, 15) is 18.0 Å². The molecule has 0 radical (unpaired) electrons. The Morgan fingerprint density at radius 1 is 1.15 bits per heavy atom. The summed E-state index contributed by atoms with van der Waals surface area (Å²) < 4.78 is 32.7. The van der Waals surface area contributed by atoms with E-state index >= 15 is 0 Å². The van der Waals surface area contributed by atoms with Crippen LogP contribution < -0.4 is 5.32 Å². The summed E-state index contributed by atoms with van der Waals surface area (Å²) in [5.74, 6) is -1.32. The lowest BCUT2D eigenvalue weighted by Gasteiger charge is -2.23. The van der Waals surface area contributed by atoms with Crippen LogP contribution in [0.1, 0.15) is 50.0 Å². The molecule has 2 heterocycles. The normalized spacial score (nSPS) is 15.1. The number of carboxylic acid groups (broad SMARTS) is 1. The topological polar surface area (TPSA) is 139 Å². The third kappa shape index (κ3) is 7.58. The second kappa shape index (κ2) is 13.9. The first-order valence-corrected chi connectivity index (χ1v) is 16.6. The summed E-state index contributed by atoms with van der Waals surface area (Å²) in [6.45, 7) is 0.0153. The summed E-state index contributed by atoms with van der Waals surface area (Å²) in [6, 6.07) is 10.1. The number of hydrogen-bond acceptors (Lipinski definition) is 9. The number of thiazole rings is 1. The van der Waals surface area contributed by atoms with Gasteiger partial charge in [0.2, 0.25) is 15.9 Å². The van der Waals surface area contributed by atoms with E-state index in [1.54, 1.807) is 23.9 Å². The van der Waals surface area contributed by atoms with Crippen LogP contribution >= 0.6 is 23.1 Å². The van der Waals surface area contributed by atoms with Crippen LogP contribution in [0.25, 0.3) is 10.3 Å². The van der Waals surface area contributed by atoms with Crippen molar-refractivity contribution < 1.29 is 27.9 Å². The quantitative estimate of drug-likeness (QED) is 0.247. The van der Waals surface area contributed by atoms with Crippen molar-refractivity contribution >= 4 is 60.5 Å². The van der Waals surface area contributed by atoms with Gasteiger partial charge in [-0.25, -0.2) is 18.4 Å². The van der Waals surface area contributed by atoms with Crippen LogP contribution in [0, 0.1) is 5.92 Å². The maximum Gasteiger partial charge on any atom is 0.304 e. The number of sulfonamides is 1. The molecule has 1 aliphatic rings. The minimum Gasteiger partial charge on any atom is -0.481 e. The minimum atomic E-state index is -3.95. The summed E-state index contributed by atoms with van der Waals surface area (Å²) in [5.41, 5.74) is 1.45. The number of aromatic nitrogens is 2. The van der Waals surface area contributed by atoms with E-state index in [-0.39, 0.29) is 36.9 Å². The van der Waals surface area contributed by atoms with Crippen molar-refractivity contribution in [3.05, 3.63) is 42.0 Å². The molecule has 2 N–H and O–H groups in total. The van der Waals surface area contributed by atoms with Crippen molar-refractivity contribution in [3.8, 4) is 0 Å². The second-order valence-electron chi connectivity index (χ2n) is 9.73. The fourth-order valence-electron chi connectivity index (χ4n) is 4.92. The molecular formula is C27H34N4O6S3. The molecule has 1 unspecified atom stereocenters. The molecule has 1 aromatic carbocycles. The van der Waals surface area contributed by atoms with Gasteiger partial charge in [-0.3, -0.25) is 9.59 Å². The van der Waals surface area contributed by atoms with Gasteiger partial charge in [0.05, 0.1) is 28.9 Å². The number of amides is 1. The highest BCUT2D eigenvalue weighted by molar-refractivity contribution is 7.98. The van der Waals surface area contributed by atoms with Crippen LogP contribution in [-0.2, 0) is 24.3 Å². The number of anilines is 1. The minimum absolute atomic E-state index is 0.0377. The third-order valence-corrected chi connectivity index (χ3v) is 10.5. The maximum atomic E-state index is 13.6. The highest BCUT2D eigenvalue weighted by Crippen LogP contribution is 2.36. The fourth-order valence-corrected chi connectivity index (χ4v) is 7.63. The predicted octanol–water partition coefficient (Wildman–Crippen LogP) is 4.83. The van der Waals surface area contributed by atoms with Crippen LogP contribution in [-0.4, -0.2) is 72.7 Å². The molecule has 10 nitrogen and oxygen atoms in total. The van der Waals surface area contributed by atoms with E-state index in [1.165, 1.54) is 30.6 Å². The zero-order chi connectivity index (χ0) is 28.7. The first kappa shape index (κ1) is 30.4. The molecule has 2 aromatic heterocycles. The van der Waals surface area contributed by atoms with Gasteiger partial charge in [-0.1, -0.05) is 49.2 Å². The van der Waals surface area contributed by atoms with E-state index < -0.39 is 21.9 Å². The molecule has 1 amide bonds. The smallest absolute Gasteiger partial charge is 0.304 e. The first-order valence-electron chi connectivity index (χ1n) is 13.1. The van der Waals surface area contributed by atoms with Crippen LogP contribution in [0.3, 0.4) is 0 Å². The van der Waals surface area contributed by atoms with Crippen molar-refractivity contribution in [1.29, 1.82) is 0 Å². The number of carbonyl (C=O) groups is 2. The lowest BCUT2D eigenvalue weighted by atomic mass is 9.87. The standard InChI is InChI=1S/C27H34N4O6S3/c1-37-16-15-31(14-13-24(32)33)40(35,36)20-9-7-19(8-10-20)21(17-18-5-3-4-6-18)25(34)30-27-28-22-11-12-23(38-2)29-26(22)39-27/h7-12,18,21H,3-6,13-17H2,1-2H3,(H,32,33)(H,28,30,34). The van der Waals surface area contributed by atoms with Gasteiger partial charge in [-0.2, -0.15) is 4.31 Å². The van der Waals surface area contributed by atoms with Crippen LogP contribution in [0.4, 0.5) is 5.13 Å². The number of thioether (sulfide) groups is 1. The molecule has 4 rings (SSSR count). The second-order valence-corrected chi connectivity index (χ2v) is 13.5. The number of methoxy groups -OCH3 is 1. The van der Waals surface area contributed by atoms with Gasteiger partial charge in [0.15, 0.2) is 5.13 Å². The van der Waals surface area contributed by atoms with Gasteiger partial charge in [0.25, 0.3) is 0 Å². The Labute approximate surface area is 242 Å². The largest absolute Gasteiger partial charge is 0.481 e. The molecule has 3 aromatic rings. The van der Waals surface area contributed by atoms with E-state index in [0.29, 0.717) is 17.5 Å². The third-order valence-electron chi connectivity index (χ3n) is 7.07. The number of rotatable bonds is 14. The number of nitrogens with zero attached hydrogens (tertiary/aromatic N) is 3. The van der Waals surface area contributed by atoms with E-state index in [0.717, 1.165) is 50.9 Å². The molecule has 13 heteroatoms. The van der Waals surface area contributed by atoms with Gasteiger partial charge in [0, 0.05) is 20.2 Å². The lowest BCUT2D eigenvalue weighted by Crippen LogP contribution is -2.35. The molecule has 216 valence electrons. The van der Waals surface area contributed by atoms with Crippen molar-refractivity contribution in [1.82, 2.24) is 14.3 Å². The molecule has 1 aliphatic carbocycles. The highest BCUT2D eigenvalue weighted by Gasteiger charge is 2.29. The number of ether oxygens (including phenoxy) is 1. The van der Waals surface area contributed by atoms with E-state index in [1.807, 2.05) is 18.4 Å². The van der Waals surface area contributed by atoms with Gasteiger partial charge in [0.1, 0.15) is 10.3 Å². The molecule has 1 atom stereocenters. The van der Waals surface area contributed by atoms with Gasteiger partial charge in [-0.05, 0) is 48.4 Å². The number of fused-ring (bicyclic) bond motifs is 1. The van der Waals surface area contributed by atoms with Gasteiger partial charge < -0.3 is 15.2 Å². The Balaban J connectivity index is 1.56. The Kier molecular flexibility index (Phi) is 10.5. The number of benzene rings is 1. The Morgan fingerprint density at radius 2 is 1.88 bits per heavy atom. The zero-order valence-corrected chi connectivity index (χ0v) is 25.0. The Bertz CT molecular complexity index is 1420. The summed E-state index contributed by atoms with van der Waals surface area (Å²) in [5, 5.41) is 13.4. The van der Waals surface area contributed by atoms with E-state index in [2.05, 4.69) is 15.3 Å². The zero-order valence-electron chi connectivity index (χ0n) is 22.5. The fraction of sp³-hybridized carbons (Fsp3) is 0.481. The first-order chi connectivity index (χ1) is 19.2. The molecule has 0 aliphatic heterocycles. The molecule has 1 fully saturated rings. The van der Waals surface area contributed by atoms with Crippen molar-refractivity contribution in [2.24, 2.45) is 5.92 Å². The Morgan fingerprint density at radius 3 is 2.52 bits per heavy atom. The lowest BCUT2D eigenvalue weighted by molar-refractivity contribution is -0.137. The summed E-state index contributed by atoms with van der Waals surface area (Å²) >= 11 is 2.87. The van der Waals surface area contributed by atoms with Gasteiger partial charge in [-0.15, -0.1) is 11.8 Å². The predicted molar refractivity (Wildman–Crippen MR) is 156 cm³/mol. The summed E-state index contributed by atoms with van der Waals surface area (Å²) in [7, 11) is -2.49. The number of aliphatic carboxylic acids is 1. The number of pyridine rings is 1. The average Bonchev–Trinajstić information content (AvgIpc) is 3.60. The Hall–Kier alpha value is -2.58. The molecule has 0 spiro atoms. The summed E-state index contributed by atoms with van der Waals surface area (Å²) in [6.07, 6.45) is 6.72. The van der Waals surface area contributed by atoms with Crippen molar-refractivity contribution in [2.75, 3.05) is 38.4 Å². The molecule has 40 heavy (non-hydrogen) atoms. The van der Waals surface area contributed by atoms with E-state index in [4.69, 9.17) is 9.84 Å². The molecule has 0 bridgehead atoms. The summed E-state index contributed by atoms with van der Waals surface area (Å²) in [4.78, 5) is 34.6.